The van der Waals surface area contributed by atoms with Gasteiger partial charge in [-0.1, -0.05) is 17.8 Å². The van der Waals surface area contributed by atoms with Gasteiger partial charge in [0.2, 0.25) is 0 Å². The van der Waals surface area contributed by atoms with Crippen LogP contribution < -0.4 is 9.47 Å². The third-order valence-electron chi connectivity index (χ3n) is 1.83. The van der Waals surface area contributed by atoms with Crippen molar-refractivity contribution in [3.8, 4) is 11.5 Å². The summed E-state index contributed by atoms with van der Waals surface area (Å²) in [5.41, 5.74) is 0.747. The summed E-state index contributed by atoms with van der Waals surface area (Å²) in [5.74, 6) is 1.28. The second-order valence-corrected chi connectivity index (χ2v) is 2.98. The fourth-order valence-electron chi connectivity index (χ4n) is 1.21. The topological polar surface area (TPSA) is 51.0 Å². The molecule has 0 aliphatic rings. The second-order valence-electron chi connectivity index (χ2n) is 2.98. The molecule has 0 bridgehead atoms. The van der Waals surface area contributed by atoms with E-state index in [0.717, 1.165) is 5.56 Å². The van der Waals surface area contributed by atoms with Crippen molar-refractivity contribution in [2.75, 3.05) is 13.2 Å². The van der Waals surface area contributed by atoms with E-state index >= 15 is 0 Å². The Balaban J connectivity index is 2.93. The number of oxime groups is 1. The fraction of sp³-hybridized carbons (Fsp3) is 0.250. The quantitative estimate of drug-likeness (QED) is 0.347. The van der Waals surface area contributed by atoms with E-state index in [4.69, 9.17) is 14.7 Å². The highest BCUT2D eigenvalue weighted by atomic mass is 16.5. The van der Waals surface area contributed by atoms with Crippen LogP contribution in [-0.2, 0) is 0 Å². The molecular weight excluding hydrogens is 206 g/mol. The molecule has 0 aromatic heterocycles. The van der Waals surface area contributed by atoms with Crippen LogP contribution in [0.4, 0.5) is 0 Å². The van der Waals surface area contributed by atoms with E-state index in [1.54, 1.807) is 24.3 Å². The SMILES string of the molecule is C=CCOc1ccc(/C=N/O)cc1OCC. The lowest BCUT2D eigenvalue weighted by molar-refractivity contribution is 0.297. The second kappa shape index (κ2) is 6.50. The van der Waals surface area contributed by atoms with Gasteiger partial charge in [-0.2, -0.15) is 0 Å². The average molecular weight is 221 g/mol. The standard InChI is InChI=1S/C12H15NO3/c1-3-7-16-11-6-5-10(9-13-14)8-12(11)15-4-2/h3,5-6,8-9,14H,1,4,7H2,2H3/b13-9+. The maximum absolute atomic E-state index is 8.44. The predicted octanol–water partition coefficient (Wildman–Crippen LogP) is 2.46. The third kappa shape index (κ3) is 3.31. The molecule has 0 saturated heterocycles. The van der Waals surface area contributed by atoms with Crippen LogP contribution >= 0.6 is 0 Å². The molecule has 1 N–H and O–H groups in total. The summed E-state index contributed by atoms with van der Waals surface area (Å²) in [5, 5.41) is 11.4. The number of hydrogen-bond donors (Lipinski definition) is 1. The van der Waals surface area contributed by atoms with Crippen molar-refractivity contribution in [3.63, 3.8) is 0 Å². The van der Waals surface area contributed by atoms with E-state index in [1.165, 1.54) is 6.21 Å². The van der Waals surface area contributed by atoms with Crippen LogP contribution in [0.15, 0.2) is 36.0 Å². The Bertz CT molecular complexity index is 375. The maximum Gasteiger partial charge on any atom is 0.161 e. The van der Waals surface area contributed by atoms with Gasteiger partial charge in [0.25, 0.3) is 0 Å². The molecule has 4 nitrogen and oxygen atoms in total. The van der Waals surface area contributed by atoms with E-state index in [1.807, 2.05) is 6.92 Å². The summed E-state index contributed by atoms with van der Waals surface area (Å²) in [6, 6.07) is 5.30. The van der Waals surface area contributed by atoms with Crippen LogP contribution in [0.5, 0.6) is 11.5 Å². The smallest absolute Gasteiger partial charge is 0.161 e. The van der Waals surface area contributed by atoms with Crippen molar-refractivity contribution >= 4 is 6.21 Å². The van der Waals surface area contributed by atoms with Crippen LogP contribution in [0.3, 0.4) is 0 Å². The minimum atomic E-state index is 0.424. The van der Waals surface area contributed by atoms with Gasteiger partial charge in [-0.25, -0.2) is 0 Å². The Labute approximate surface area is 94.8 Å². The van der Waals surface area contributed by atoms with Crippen molar-refractivity contribution in [2.45, 2.75) is 6.92 Å². The van der Waals surface area contributed by atoms with Gasteiger partial charge in [0.15, 0.2) is 11.5 Å². The summed E-state index contributed by atoms with van der Waals surface area (Å²) < 4.78 is 10.8. The summed E-state index contributed by atoms with van der Waals surface area (Å²) in [6.07, 6.45) is 3.00. The third-order valence-corrected chi connectivity index (χ3v) is 1.83. The molecule has 16 heavy (non-hydrogen) atoms. The fourth-order valence-corrected chi connectivity index (χ4v) is 1.21. The molecule has 0 fully saturated rings. The molecule has 0 atom stereocenters. The first-order chi connectivity index (χ1) is 7.81. The zero-order valence-corrected chi connectivity index (χ0v) is 9.22. The number of nitrogens with zero attached hydrogens (tertiary/aromatic N) is 1. The van der Waals surface area contributed by atoms with E-state index in [9.17, 15) is 0 Å². The van der Waals surface area contributed by atoms with Crippen molar-refractivity contribution < 1.29 is 14.7 Å². The van der Waals surface area contributed by atoms with Gasteiger partial charge in [-0.3, -0.25) is 0 Å². The highest BCUT2D eigenvalue weighted by molar-refractivity contribution is 5.80. The lowest BCUT2D eigenvalue weighted by Gasteiger charge is -2.11. The lowest BCUT2D eigenvalue weighted by atomic mass is 10.2. The molecule has 0 spiro atoms. The number of benzene rings is 1. The molecule has 0 heterocycles. The number of ether oxygens (including phenoxy) is 2. The lowest BCUT2D eigenvalue weighted by Crippen LogP contribution is -1.99. The average Bonchev–Trinajstić information content (AvgIpc) is 2.29. The van der Waals surface area contributed by atoms with Crippen molar-refractivity contribution in [2.24, 2.45) is 5.16 Å². The van der Waals surface area contributed by atoms with E-state index in [0.29, 0.717) is 24.7 Å². The minimum Gasteiger partial charge on any atom is -0.490 e. The molecule has 0 aliphatic heterocycles. The summed E-state index contributed by atoms with van der Waals surface area (Å²) in [6.45, 7) is 6.44. The molecule has 0 saturated carbocycles. The molecule has 1 aromatic rings. The molecule has 4 heteroatoms. The van der Waals surface area contributed by atoms with Gasteiger partial charge in [-0.05, 0) is 25.1 Å². The molecule has 1 aromatic carbocycles. The first-order valence-electron chi connectivity index (χ1n) is 4.99. The zero-order chi connectivity index (χ0) is 11.8. The minimum absolute atomic E-state index is 0.424. The Morgan fingerprint density at radius 3 is 2.81 bits per heavy atom. The summed E-state index contributed by atoms with van der Waals surface area (Å²) in [4.78, 5) is 0. The van der Waals surface area contributed by atoms with Gasteiger partial charge in [0, 0.05) is 5.56 Å². The van der Waals surface area contributed by atoms with Crippen LogP contribution in [0.2, 0.25) is 0 Å². The molecule has 0 amide bonds. The largest absolute Gasteiger partial charge is 0.490 e. The van der Waals surface area contributed by atoms with E-state index < -0.39 is 0 Å². The van der Waals surface area contributed by atoms with Crippen molar-refractivity contribution in [3.05, 3.63) is 36.4 Å². The van der Waals surface area contributed by atoms with Gasteiger partial charge in [0.1, 0.15) is 6.61 Å². The number of rotatable bonds is 6. The molecule has 1 rings (SSSR count). The summed E-state index contributed by atoms with van der Waals surface area (Å²) in [7, 11) is 0. The normalized spacial score (nSPS) is 10.3. The predicted molar refractivity (Wildman–Crippen MR) is 62.7 cm³/mol. The van der Waals surface area contributed by atoms with Crippen LogP contribution in [-0.4, -0.2) is 24.6 Å². The molecule has 0 aliphatic carbocycles. The zero-order valence-electron chi connectivity index (χ0n) is 9.22. The Morgan fingerprint density at radius 2 is 2.19 bits per heavy atom. The van der Waals surface area contributed by atoms with Crippen LogP contribution in [0.25, 0.3) is 0 Å². The Kier molecular flexibility index (Phi) is 4.92. The van der Waals surface area contributed by atoms with Gasteiger partial charge < -0.3 is 14.7 Å². The van der Waals surface area contributed by atoms with Gasteiger partial charge >= 0.3 is 0 Å². The first-order valence-corrected chi connectivity index (χ1v) is 4.99. The van der Waals surface area contributed by atoms with E-state index in [-0.39, 0.29) is 0 Å². The van der Waals surface area contributed by atoms with E-state index in [2.05, 4.69) is 11.7 Å². The van der Waals surface area contributed by atoms with Crippen molar-refractivity contribution in [1.29, 1.82) is 0 Å². The first kappa shape index (κ1) is 12.1. The van der Waals surface area contributed by atoms with Crippen LogP contribution in [0.1, 0.15) is 12.5 Å². The number of hydrogen-bond acceptors (Lipinski definition) is 4. The molecular formula is C12H15NO3. The maximum atomic E-state index is 8.44. The Hall–Kier alpha value is -1.97. The molecule has 0 radical (unpaired) electrons. The van der Waals surface area contributed by atoms with Gasteiger partial charge in [-0.15, -0.1) is 0 Å². The summed E-state index contributed by atoms with van der Waals surface area (Å²) >= 11 is 0. The van der Waals surface area contributed by atoms with Crippen molar-refractivity contribution in [1.82, 2.24) is 0 Å². The monoisotopic (exact) mass is 221 g/mol. The Morgan fingerprint density at radius 1 is 1.38 bits per heavy atom. The van der Waals surface area contributed by atoms with Gasteiger partial charge in [0.05, 0.1) is 12.8 Å². The molecule has 0 unspecified atom stereocenters. The highest BCUT2D eigenvalue weighted by Gasteiger charge is 2.04. The van der Waals surface area contributed by atoms with Crippen LogP contribution in [0, 0.1) is 0 Å². The molecule has 86 valence electrons. The highest BCUT2D eigenvalue weighted by Crippen LogP contribution is 2.27.